The van der Waals surface area contributed by atoms with E-state index in [1.165, 1.54) is 38.1 Å². The summed E-state index contributed by atoms with van der Waals surface area (Å²) < 4.78 is 33.7. The summed E-state index contributed by atoms with van der Waals surface area (Å²) >= 11 is 0. The Labute approximate surface area is 249 Å². The normalized spacial score (nSPS) is 31.1. The molecule has 1 unspecified atom stereocenters. The summed E-state index contributed by atoms with van der Waals surface area (Å²) in [7, 11) is -4.21. The van der Waals surface area contributed by atoms with Gasteiger partial charge in [0.15, 0.2) is 23.4 Å². The number of ether oxygens (including phenoxy) is 1. The Bertz CT molecular complexity index is 1660. The molecular formula is C31H35N3O8S. The number of amides is 2. The predicted molar refractivity (Wildman–Crippen MR) is 153 cm³/mol. The number of ketones is 1. The van der Waals surface area contributed by atoms with E-state index in [9.17, 15) is 33.0 Å². The maximum absolute atomic E-state index is 14.1. The molecule has 2 amide bonds. The van der Waals surface area contributed by atoms with Gasteiger partial charge in [-0.1, -0.05) is 24.3 Å². The van der Waals surface area contributed by atoms with E-state index in [0.29, 0.717) is 30.9 Å². The second-order valence-electron chi connectivity index (χ2n) is 13.3. The van der Waals surface area contributed by atoms with Crippen molar-refractivity contribution in [1.82, 2.24) is 14.9 Å². The van der Waals surface area contributed by atoms with Gasteiger partial charge in [-0.25, -0.2) is 13.1 Å². The molecule has 1 saturated heterocycles. The van der Waals surface area contributed by atoms with Crippen LogP contribution in [-0.2, 0) is 36.2 Å². The first kappa shape index (κ1) is 28.3. The number of carbonyl (C=O) groups excluding carboxylic acids is 3. The van der Waals surface area contributed by atoms with Crippen molar-refractivity contribution in [3.8, 4) is 11.5 Å². The third kappa shape index (κ3) is 4.06. The van der Waals surface area contributed by atoms with Crippen molar-refractivity contribution in [3.63, 3.8) is 0 Å². The summed E-state index contributed by atoms with van der Waals surface area (Å²) in [5.74, 6) is -3.04. The Morgan fingerprint density at radius 2 is 1.86 bits per heavy atom. The Kier molecular flexibility index (Phi) is 6.10. The fourth-order valence-corrected chi connectivity index (χ4v) is 9.02. The van der Waals surface area contributed by atoms with E-state index in [-0.39, 0.29) is 28.9 Å². The molecule has 1 spiro atoms. The zero-order valence-electron chi connectivity index (χ0n) is 24.0. The zero-order chi connectivity index (χ0) is 30.5. The molecule has 5 atom stereocenters. The number of phenols is 1. The van der Waals surface area contributed by atoms with Crippen LogP contribution < -0.4 is 14.8 Å². The minimum Gasteiger partial charge on any atom is -0.504 e. The number of sulfonamides is 1. The first-order valence-electron chi connectivity index (χ1n) is 14.7. The van der Waals surface area contributed by atoms with Crippen LogP contribution in [0.15, 0.2) is 47.4 Å². The maximum atomic E-state index is 14.1. The third-order valence-electron chi connectivity index (χ3n) is 10.2. The molecule has 11 nitrogen and oxygen atoms in total. The van der Waals surface area contributed by atoms with Crippen molar-refractivity contribution in [2.24, 2.45) is 11.8 Å². The lowest BCUT2D eigenvalue weighted by Gasteiger charge is -2.63. The number of benzene rings is 2. The lowest BCUT2D eigenvalue weighted by molar-refractivity contribution is -0.198. The molecule has 228 valence electrons. The number of piperidine rings is 1. The van der Waals surface area contributed by atoms with Crippen LogP contribution in [0.25, 0.3) is 0 Å². The monoisotopic (exact) mass is 609 g/mol. The van der Waals surface area contributed by atoms with Gasteiger partial charge < -0.3 is 20.3 Å². The van der Waals surface area contributed by atoms with Gasteiger partial charge in [-0.3, -0.25) is 19.3 Å². The molecule has 2 heterocycles. The largest absolute Gasteiger partial charge is 0.504 e. The molecule has 2 saturated carbocycles. The van der Waals surface area contributed by atoms with E-state index in [4.69, 9.17) is 4.74 Å². The number of nitrogens with zero attached hydrogens (tertiary/aromatic N) is 1. The molecule has 12 heteroatoms. The van der Waals surface area contributed by atoms with E-state index < -0.39 is 56.2 Å². The number of phenolic OH excluding ortho intramolecular Hbond substituents is 1. The molecule has 2 aliphatic heterocycles. The molecule has 2 bridgehead atoms. The van der Waals surface area contributed by atoms with E-state index >= 15 is 0 Å². The summed E-state index contributed by atoms with van der Waals surface area (Å²) in [5, 5.41) is 26.0. The van der Waals surface area contributed by atoms with E-state index in [1.54, 1.807) is 12.1 Å². The van der Waals surface area contributed by atoms with Gasteiger partial charge in [0.1, 0.15) is 11.5 Å². The third-order valence-corrected chi connectivity index (χ3v) is 11.6. The second-order valence-corrected chi connectivity index (χ2v) is 15.0. The highest BCUT2D eigenvalue weighted by atomic mass is 32.2. The van der Waals surface area contributed by atoms with Gasteiger partial charge in [0, 0.05) is 18.2 Å². The SMILES string of the molecule is CC(C)(NC(=O)C1C[C@@]2(O)[C@H]3Cc4ccc(O)c5c4[C@@]2(CCN3CC2CC2)[C@@H](O5)C1=O)C(=O)NS(=O)(=O)c1ccccc1. The Balaban J connectivity index is 1.19. The number of hydrogen-bond donors (Lipinski definition) is 4. The quantitative estimate of drug-likeness (QED) is 0.338. The number of aliphatic hydroxyl groups is 1. The van der Waals surface area contributed by atoms with Gasteiger partial charge in [-0.05, 0) is 82.2 Å². The number of Topliss-reactive ketones (excluding diaryl/α,β-unsaturated/α-hetero) is 1. The molecular weight excluding hydrogens is 574 g/mol. The van der Waals surface area contributed by atoms with Crippen LogP contribution in [0.2, 0.25) is 0 Å². The van der Waals surface area contributed by atoms with Crippen LogP contribution >= 0.6 is 0 Å². The average molecular weight is 610 g/mol. The number of likely N-dealkylation sites (tertiary alicyclic amines) is 1. The molecule has 3 fully saturated rings. The summed E-state index contributed by atoms with van der Waals surface area (Å²) in [6.45, 7) is 4.18. The van der Waals surface area contributed by atoms with Crippen LogP contribution in [0, 0.1) is 11.8 Å². The Morgan fingerprint density at radius 3 is 2.56 bits per heavy atom. The minimum absolute atomic E-state index is 0.111. The molecule has 5 aliphatic rings. The van der Waals surface area contributed by atoms with Gasteiger partial charge in [0.2, 0.25) is 5.91 Å². The average Bonchev–Trinajstić information content (AvgIpc) is 3.70. The van der Waals surface area contributed by atoms with Crippen molar-refractivity contribution in [2.75, 3.05) is 13.1 Å². The van der Waals surface area contributed by atoms with Crippen LogP contribution in [0.3, 0.4) is 0 Å². The number of nitrogens with one attached hydrogen (secondary N) is 2. The van der Waals surface area contributed by atoms with E-state index in [1.807, 2.05) is 10.8 Å². The standard InChI is InChI=1S/C31H35N3O8S/c1-29(2,28(38)33-43(40,41)19-6-4-3-5-7-19)32-27(37)20-15-31(39)22-14-18-10-11-21(35)25-23(18)30(31,26(42-25)24(20)36)12-13-34(22)16-17-8-9-17/h3-7,10-11,17,20,22,26,35,39H,8-9,12-16H2,1-2H3,(H,32,37)(H,33,38)/t20?,22-,26+,30+,31-/m1/s1. The van der Waals surface area contributed by atoms with Gasteiger partial charge in [0.25, 0.3) is 15.9 Å². The minimum atomic E-state index is -4.21. The zero-order valence-corrected chi connectivity index (χ0v) is 24.8. The van der Waals surface area contributed by atoms with Gasteiger partial charge in [0.05, 0.1) is 15.9 Å². The summed E-state index contributed by atoms with van der Waals surface area (Å²) in [5.41, 5.74) is -2.75. The summed E-state index contributed by atoms with van der Waals surface area (Å²) in [6.07, 6.45) is 1.81. The number of hydrogen-bond acceptors (Lipinski definition) is 9. The highest BCUT2D eigenvalue weighted by molar-refractivity contribution is 7.90. The molecule has 0 radical (unpaired) electrons. The first-order valence-corrected chi connectivity index (χ1v) is 16.2. The van der Waals surface area contributed by atoms with Crippen LogP contribution in [0.4, 0.5) is 0 Å². The highest BCUT2D eigenvalue weighted by Gasteiger charge is 2.75. The van der Waals surface area contributed by atoms with Crippen molar-refractivity contribution in [1.29, 1.82) is 0 Å². The number of carbonyl (C=O) groups is 3. The number of rotatable bonds is 7. The maximum Gasteiger partial charge on any atom is 0.264 e. The van der Waals surface area contributed by atoms with Crippen molar-refractivity contribution < 1.29 is 37.8 Å². The number of aromatic hydroxyl groups is 1. The van der Waals surface area contributed by atoms with Crippen molar-refractivity contribution >= 4 is 27.6 Å². The fraction of sp³-hybridized carbons (Fsp3) is 0.516. The summed E-state index contributed by atoms with van der Waals surface area (Å²) in [4.78, 5) is 43.2. The molecule has 2 aromatic carbocycles. The van der Waals surface area contributed by atoms with Crippen LogP contribution in [0.1, 0.15) is 50.7 Å². The molecule has 7 rings (SSSR count). The molecule has 0 aromatic heterocycles. The topological polar surface area (TPSA) is 162 Å². The molecule has 43 heavy (non-hydrogen) atoms. The first-order chi connectivity index (χ1) is 20.3. The lowest BCUT2D eigenvalue weighted by Crippen LogP contribution is -2.78. The second kappa shape index (κ2) is 9.26. The molecule has 2 aromatic rings. The van der Waals surface area contributed by atoms with Gasteiger partial charge >= 0.3 is 0 Å². The van der Waals surface area contributed by atoms with E-state index in [2.05, 4.69) is 10.2 Å². The van der Waals surface area contributed by atoms with Gasteiger partial charge in [-0.2, -0.15) is 0 Å². The highest BCUT2D eigenvalue weighted by Crippen LogP contribution is 2.65. The van der Waals surface area contributed by atoms with Crippen LogP contribution in [-0.4, -0.2) is 77.5 Å². The Hall–Kier alpha value is -3.48. The Morgan fingerprint density at radius 1 is 1.14 bits per heavy atom. The fourth-order valence-electron chi connectivity index (χ4n) is 7.88. The van der Waals surface area contributed by atoms with E-state index in [0.717, 1.165) is 24.9 Å². The van der Waals surface area contributed by atoms with Gasteiger partial charge in [-0.15, -0.1) is 0 Å². The van der Waals surface area contributed by atoms with Crippen molar-refractivity contribution in [2.45, 2.75) is 79.5 Å². The van der Waals surface area contributed by atoms with Crippen LogP contribution in [0.5, 0.6) is 11.5 Å². The smallest absolute Gasteiger partial charge is 0.264 e. The summed E-state index contributed by atoms with van der Waals surface area (Å²) in [6, 6.07) is 10.4. The lowest BCUT2D eigenvalue weighted by atomic mass is 9.47. The van der Waals surface area contributed by atoms with Crippen molar-refractivity contribution in [3.05, 3.63) is 53.6 Å². The molecule has 4 N–H and O–H groups in total. The molecule has 3 aliphatic carbocycles. The predicted octanol–water partition coefficient (Wildman–Crippen LogP) is 1.15.